The Hall–Kier alpha value is -0.860. The quantitative estimate of drug-likeness (QED) is 0.775. The fraction of sp³-hybridized carbons (Fsp3) is 0.882. The molecule has 20 heavy (non-hydrogen) atoms. The summed E-state index contributed by atoms with van der Waals surface area (Å²) in [5.41, 5.74) is 1.71. The van der Waals surface area contributed by atoms with E-state index in [4.69, 9.17) is 0 Å². The molecular weight excluding hydrogens is 246 g/mol. The number of hydrogen-bond donors (Lipinski definition) is 0. The third kappa shape index (κ3) is 7.06. The van der Waals surface area contributed by atoms with E-state index >= 15 is 0 Å². The topological polar surface area (TPSA) is 30.7 Å². The molecule has 1 aromatic heterocycles. The minimum atomic E-state index is 0.0778. The molecule has 0 saturated heterocycles. The summed E-state index contributed by atoms with van der Waals surface area (Å²) in [6.07, 6.45) is 3.21. The first-order valence-electron chi connectivity index (χ1n) is 7.80. The highest BCUT2D eigenvalue weighted by molar-refractivity contribution is 5.09. The van der Waals surface area contributed by atoms with Gasteiger partial charge in [-0.05, 0) is 17.3 Å². The minimum Gasteiger partial charge on any atom is -0.252 e. The Morgan fingerprint density at radius 2 is 1.40 bits per heavy atom. The van der Waals surface area contributed by atoms with Crippen LogP contribution in [-0.4, -0.2) is 15.0 Å². The fourth-order valence-corrected chi connectivity index (χ4v) is 2.59. The predicted octanol–water partition coefficient (Wildman–Crippen LogP) is 5.06. The van der Waals surface area contributed by atoms with Crippen molar-refractivity contribution in [2.75, 3.05) is 0 Å². The molecule has 3 heteroatoms. The zero-order valence-corrected chi connectivity index (χ0v) is 15.3. The molecule has 0 amide bonds. The van der Waals surface area contributed by atoms with E-state index in [9.17, 15) is 0 Å². The molecule has 0 unspecified atom stereocenters. The number of hydrogen-bond acceptors (Lipinski definition) is 2. The van der Waals surface area contributed by atoms with Crippen molar-refractivity contribution in [1.29, 1.82) is 0 Å². The predicted molar refractivity (Wildman–Crippen MR) is 87.9 cm³/mol. The lowest BCUT2D eigenvalue weighted by molar-refractivity contribution is 0.279. The van der Waals surface area contributed by atoms with Crippen LogP contribution in [0.2, 0.25) is 0 Å². The normalized spacial score (nSPS) is 12.9. The average Bonchev–Trinajstić information content (AvgIpc) is 2.63. The zero-order chi connectivity index (χ0) is 16.2. The van der Waals surface area contributed by atoms with Crippen LogP contribution >= 0.6 is 0 Å². The van der Waals surface area contributed by atoms with Crippen LogP contribution in [0, 0.1) is 10.8 Å². The molecule has 0 aliphatic rings. The molecule has 0 aromatic carbocycles. The van der Waals surface area contributed by atoms with Gasteiger partial charge in [0.1, 0.15) is 0 Å². The van der Waals surface area contributed by atoms with Gasteiger partial charge in [0, 0.05) is 18.2 Å². The highest BCUT2D eigenvalue weighted by Crippen LogP contribution is 2.35. The van der Waals surface area contributed by atoms with E-state index in [1.807, 2.05) is 18.5 Å². The Morgan fingerprint density at radius 1 is 0.900 bits per heavy atom. The number of aromatic nitrogens is 3. The van der Waals surface area contributed by atoms with Gasteiger partial charge in [0.25, 0.3) is 0 Å². The Kier molecular flexibility index (Phi) is 6.44. The summed E-state index contributed by atoms with van der Waals surface area (Å²) in [7, 11) is 0. The van der Waals surface area contributed by atoms with Crippen LogP contribution in [0.1, 0.15) is 81.4 Å². The fourth-order valence-electron chi connectivity index (χ4n) is 2.59. The Balaban J connectivity index is 0.00000172. The van der Waals surface area contributed by atoms with Crippen LogP contribution in [0.3, 0.4) is 0 Å². The van der Waals surface area contributed by atoms with E-state index in [0.29, 0.717) is 5.41 Å². The summed E-state index contributed by atoms with van der Waals surface area (Å²) in [4.78, 5) is 0. The molecule has 0 fully saturated rings. The van der Waals surface area contributed by atoms with Crippen molar-refractivity contribution >= 4 is 0 Å². The van der Waals surface area contributed by atoms with E-state index in [2.05, 4.69) is 71.9 Å². The molecule has 0 atom stereocenters. The molecule has 3 nitrogen and oxygen atoms in total. The zero-order valence-electron chi connectivity index (χ0n) is 15.3. The first-order chi connectivity index (χ1) is 8.89. The maximum Gasteiger partial charge on any atom is 0.0883 e. The summed E-state index contributed by atoms with van der Waals surface area (Å²) in [6, 6.07) is 0. The maximum atomic E-state index is 4.37. The van der Waals surface area contributed by atoms with Gasteiger partial charge in [-0.3, -0.25) is 4.68 Å². The summed E-state index contributed by atoms with van der Waals surface area (Å²) >= 11 is 0. The molecule has 0 saturated carbocycles. The molecule has 1 aromatic rings. The molecule has 0 spiro atoms. The van der Waals surface area contributed by atoms with Crippen LogP contribution in [0.25, 0.3) is 0 Å². The van der Waals surface area contributed by atoms with Gasteiger partial charge in [0.2, 0.25) is 0 Å². The standard InChI is InChI=1S/C15H29N3.C2H6/c1-13(2,3)10-15(7,8)12-9-18(17-16-12)11-14(4,5)6;1-2/h9H,10-11H2,1-8H3;1-2H3. The highest BCUT2D eigenvalue weighted by atomic mass is 15.4. The van der Waals surface area contributed by atoms with Gasteiger partial charge in [-0.25, -0.2) is 0 Å². The molecule has 1 heterocycles. The van der Waals surface area contributed by atoms with Crippen LogP contribution in [0.4, 0.5) is 0 Å². The molecule has 0 bridgehead atoms. The smallest absolute Gasteiger partial charge is 0.0883 e. The van der Waals surface area contributed by atoms with E-state index in [0.717, 1.165) is 18.7 Å². The van der Waals surface area contributed by atoms with Gasteiger partial charge in [0.15, 0.2) is 0 Å². The van der Waals surface area contributed by atoms with Crippen molar-refractivity contribution < 1.29 is 0 Å². The third-order valence-corrected chi connectivity index (χ3v) is 2.84. The lowest BCUT2D eigenvalue weighted by atomic mass is 9.74. The van der Waals surface area contributed by atoms with Crippen molar-refractivity contribution in [1.82, 2.24) is 15.0 Å². The average molecular weight is 281 g/mol. The van der Waals surface area contributed by atoms with Gasteiger partial charge in [-0.2, -0.15) is 0 Å². The van der Waals surface area contributed by atoms with Crippen LogP contribution in [0.5, 0.6) is 0 Å². The van der Waals surface area contributed by atoms with Crippen molar-refractivity contribution in [3.63, 3.8) is 0 Å². The minimum absolute atomic E-state index is 0.0778. The Labute approximate surface area is 126 Å². The van der Waals surface area contributed by atoms with Crippen LogP contribution < -0.4 is 0 Å². The van der Waals surface area contributed by atoms with Crippen LogP contribution in [-0.2, 0) is 12.0 Å². The van der Waals surface area contributed by atoms with E-state index < -0.39 is 0 Å². The molecular formula is C17H35N3. The lowest BCUT2D eigenvalue weighted by Crippen LogP contribution is -2.25. The second-order valence-corrected chi connectivity index (χ2v) is 8.48. The molecule has 118 valence electrons. The van der Waals surface area contributed by atoms with Gasteiger partial charge < -0.3 is 0 Å². The monoisotopic (exact) mass is 281 g/mol. The number of rotatable bonds is 3. The summed E-state index contributed by atoms with van der Waals surface area (Å²) in [5.74, 6) is 0. The Bertz CT molecular complexity index is 389. The van der Waals surface area contributed by atoms with E-state index in [1.54, 1.807) is 0 Å². The van der Waals surface area contributed by atoms with Gasteiger partial charge in [-0.15, -0.1) is 5.10 Å². The highest BCUT2D eigenvalue weighted by Gasteiger charge is 2.30. The van der Waals surface area contributed by atoms with E-state index in [1.165, 1.54) is 0 Å². The van der Waals surface area contributed by atoms with Crippen molar-refractivity contribution in [3.8, 4) is 0 Å². The summed E-state index contributed by atoms with van der Waals surface area (Å²) in [5, 5.41) is 8.63. The summed E-state index contributed by atoms with van der Waals surface area (Å²) < 4.78 is 1.97. The van der Waals surface area contributed by atoms with Crippen molar-refractivity contribution in [2.45, 2.75) is 87.6 Å². The molecule has 0 aliphatic carbocycles. The maximum absolute atomic E-state index is 4.37. The first kappa shape index (κ1) is 19.1. The Morgan fingerprint density at radius 3 is 1.80 bits per heavy atom. The van der Waals surface area contributed by atoms with Gasteiger partial charge in [0.05, 0.1) is 5.69 Å². The molecule has 0 N–H and O–H groups in total. The number of nitrogens with zero attached hydrogens (tertiary/aromatic N) is 3. The molecule has 1 rings (SSSR count). The largest absolute Gasteiger partial charge is 0.252 e. The second-order valence-electron chi connectivity index (χ2n) is 8.48. The van der Waals surface area contributed by atoms with Gasteiger partial charge in [-0.1, -0.05) is 74.5 Å². The summed E-state index contributed by atoms with van der Waals surface area (Å²) in [6.45, 7) is 22.9. The van der Waals surface area contributed by atoms with Gasteiger partial charge >= 0.3 is 0 Å². The van der Waals surface area contributed by atoms with Crippen molar-refractivity contribution in [3.05, 3.63) is 11.9 Å². The van der Waals surface area contributed by atoms with Crippen LogP contribution in [0.15, 0.2) is 6.20 Å². The SMILES string of the molecule is CC.CC(C)(C)Cn1cc(C(C)(C)CC(C)(C)C)nn1. The van der Waals surface area contributed by atoms with Crippen molar-refractivity contribution in [2.24, 2.45) is 10.8 Å². The first-order valence-corrected chi connectivity index (χ1v) is 7.80. The lowest BCUT2D eigenvalue weighted by Gasteiger charge is -2.30. The third-order valence-electron chi connectivity index (χ3n) is 2.84. The second kappa shape index (κ2) is 6.73. The molecule has 0 radical (unpaired) electrons. The molecule has 0 aliphatic heterocycles. The van der Waals surface area contributed by atoms with E-state index in [-0.39, 0.29) is 10.8 Å².